The third-order valence-corrected chi connectivity index (χ3v) is 3.70. The van der Waals surface area contributed by atoms with Gasteiger partial charge in [0.05, 0.1) is 21.3 Å². The molecule has 1 aromatic heterocycles. The van der Waals surface area contributed by atoms with Crippen LogP contribution in [-0.2, 0) is 11.2 Å². The molecule has 1 atom stereocenters. The number of thiazole rings is 1. The molecule has 0 bridgehead atoms. The fraction of sp³-hybridized carbons (Fsp3) is 0.417. The van der Waals surface area contributed by atoms with Crippen molar-refractivity contribution in [3.05, 3.63) is 23.2 Å². The van der Waals surface area contributed by atoms with E-state index in [1.165, 1.54) is 4.70 Å². The number of hydrogen-bond donors (Lipinski definition) is 1. The molecule has 4 heteroatoms. The van der Waals surface area contributed by atoms with Gasteiger partial charge in [0.15, 0.2) is 0 Å². The van der Waals surface area contributed by atoms with Gasteiger partial charge in [-0.25, -0.2) is 4.98 Å². The van der Waals surface area contributed by atoms with Gasteiger partial charge in [0.25, 0.3) is 0 Å². The van der Waals surface area contributed by atoms with Crippen molar-refractivity contribution in [1.29, 1.82) is 0 Å². The SMILES string of the molecule is COC(C)CCc1nc2ccc(N)cc2s1. The number of nitrogen functional groups attached to an aromatic ring is 1. The predicted molar refractivity (Wildman–Crippen MR) is 68.8 cm³/mol. The minimum Gasteiger partial charge on any atom is -0.399 e. The summed E-state index contributed by atoms with van der Waals surface area (Å²) in [7, 11) is 1.74. The lowest BCUT2D eigenvalue weighted by Gasteiger charge is -2.06. The number of aryl methyl sites for hydroxylation is 1. The van der Waals surface area contributed by atoms with Crippen LogP contribution in [0.2, 0.25) is 0 Å². The number of methoxy groups -OCH3 is 1. The standard InChI is InChI=1S/C12H16N2OS/c1-8(15-2)3-6-12-14-10-5-4-9(13)7-11(10)16-12/h4-5,7-8H,3,6,13H2,1-2H3. The van der Waals surface area contributed by atoms with Gasteiger partial charge in [-0.1, -0.05) is 0 Å². The van der Waals surface area contributed by atoms with Gasteiger partial charge in [0.1, 0.15) is 0 Å². The lowest BCUT2D eigenvalue weighted by atomic mass is 10.2. The summed E-state index contributed by atoms with van der Waals surface area (Å²) in [6, 6.07) is 5.85. The van der Waals surface area contributed by atoms with Gasteiger partial charge in [0, 0.05) is 19.2 Å². The minimum atomic E-state index is 0.289. The fourth-order valence-corrected chi connectivity index (χ4v) is 2.57. The zero-order valence-electron chi connectivity index (χ0n) is 9.56. The van der Waals surface area contributed by atoms with E-state index in [0.717, 1.165) is 29.1 Å². The maximum atomic E-state index is 5.74. The van der Waals surface area contributed by atoms with E-state index in [0.29, 0.717) is 0 Å². The molecular formula is C12H16N2OS. The number of nitrogens with zero attached hydrogens (tertiary/aromatic N) is 1. The molecule has 0 saturated carbocycles. The highest BCUT2D eigenvalue weighted by molar-refractivity contribution is 7.18. The molecule has 0 spiro atoms. The molecule has 0 aliphatic rings. The van der Waals surface area contributed by atoms with Crippen molar-refractivity contribution in [3.8, 4) is 0 Å². The topological polar surface area (TPSA) is 48.1 Å². The number of fused-ring (bicyclic) bond motifs is 1. The summed E-state index contributed by atoms with van der Waals surface area (Å²) in [5.74, 6) is 0. The van der Waals surface area contributed by atoms with Crippen molar-refractivity contribution >= 4 is 27.2 Å². The highest BCUT2D eigenvalue weighted by atomic mass is 32.1. The van der Waals surface area contributed by atoms with Crippen molar-refractivity contribution < 1.29 is 4.74 Å². The molecule has 3 nitrogen and oxygen atoms in total. The molecule has 2 aromatic rings. The Labute approximate surface area is 99.3 Å². The Kier molecular flexibility index (Phi) is 3.41. The first-order valence-corrected chi connectivity index (χ1v) is 6.18. The Balaban J connectivity index is 2.13. The predicted octanol–water partition coefficient (Wildman–Crippen LogP) is 2.85. The quantitative estimate of drug-likeness (QED) is 0.830. The number of rotatable bonds is 4. The number of anilines is 1. The van der Waals surface area contributed by atoms with Crippen molar-refractivity contribution in [2.24, 2.45) is 0 Å². The molecule has 0 aliphatic carbocycles. The first-order chi connectivity index (χ1) is 7.69. The molecular weight excluding hydrogens is 220 g/mol. The number of benzene rings is 1. The largest absolute Gasteiger partial charge is 0.399 e. The zero-order valence-corrected chi connectivity index (χ0v) is 10.4. The van der Waals surface area contributed by atoms with Gasteiger partial charge in [-0.05, 0) is 31.5 Å². The van der Waals surface area contributed by atoms with Crippen LogP contribution < -0.4 is 5.73 Å². The summed E-state index contributed by atoms with van der Waals surface area (Å²) < 4.78 is 6.39. The Morgan fingerprint density at radius 3 is 3.06 bits per heavy atom. The van der Waals surface area contributed by atoms with E-state index in [2.05, 4.69) is 11.9 Å². The molecule has 0 aliphatic heterocycles. The van der Waals surface area contributed by atoms with Crippen molar-refractivity contribution in [2.45, 2.75) is 25.9 Å². The van der Waals surface area contributed by atoms with Crippen molar-refractivity contribution in [2.75, 3.05) is 12.8 Å². The lowest BCUT2D eigenvalue weighted by Crippen LogP contribution is -2.05. The smallest absolute Gasteiger partial charge is 0.0939 e. The van der Waals surface area contributed by atoms with Crippen LogP contribution in [0.25, 0.3) is 10.2 Å². The molecule has 0 amide bonds. The van der Waals surface area contributed by atoms with Crippen LogP contribution in [-0.4, -0.2) is 18.2 Å². The second-order valence-corrected chi connectivity index (χ2v) is 5.03. The van der Waals surface area contributed by atoms with E-state index >= 15 is 0 Å². The van der Waals surface area contributed by atoms with E-state index in [9.17, 15) is 0 Å². The number of hydrogen-bond acceptors (Lipinski definition) is 4. The average Bonchev–Trinajstić information content (AvgIpc) is 2.67. The van der Waals surface area contributed by atoms with Crippen molar-refractivity contribution in [3.63, 3.8) is 0 Å². The fourth-order valence-electron chi connectivity index (χ4n) is 1.54. The maximum Gasteiger partial charge on any atom is 0.0939 e. The van der Waals surface area contributed by atoms with Gasteiger partial charge < -0.3 is 10.5 Å². The first kappa shape index (κ1) is 11.4. The van der Waals surface area contributed by atoms with Crippen LogP contribution in [0.1, 0.15) is 18.4 Å². The molecule has 86 valence electrons. The molecule has 1 aromatic carbocycles. The third kappa shape index (κ3) is 2.51. The van der Waals surface area contributed by atoms with Gasteiger partial charge >= 0.3 is 0 Å². The van der Waals surface area contributed by atoms with Gasteiger partial charge in [-0.3, -0.25) is 0 Å². The molecule has 2 rings (SSSR count). The molecule has 1 unspecified atom stereocenters. The Bertz CT molecular complexity index is 481. The highest BCUT2D eigenvalue weighted by Gasteiger charge is 2.06. The summed E-state index contributed by atoms with van der Waals surface area (Å²) in [4.78, 5) is 4.57. The summed E-state index contributed by atoms with van der Waals surface area (Å²) >= 11 is 1.72. The molecule has 16 heavy (non-hydrogen) atoms. The van der Waals surface area contributed by atoms with Gasteiger partial charge in [-0.2, -0.15) is 0 Å². The van der Waals surface area contributed by atoms with Gasteiger partial charge in [-0.15, -0.1) is 11.3 Å². The van der Waals surface area contributed by atoms with Crippen LogP contribution in [0.3, 0.4) is 0 Å². The summed E-state index contributed by atoms with van der Waals surface area (Å²) in [6.07, 6.45) is 2.26. The monoisotopic (exact) mass is 236 g/mol. The molecule has 2 N–H and O–H groups in total. The second kappa shape index (κ2) is 4.80. The normalized spacial score (nSPS) is 13.1. The van der Waals surface area contributed by atoms with Crippen LogP contribution in [0.15, 0.2) is 18.2 Å². The van der Waals surface area contributed by atoms with E-state index in [-0.39, 0.29) is 6.10 Å². The molecule has 1 heterocycles. The van der Waals surface area contributed by atoms with Gasteiger partial charge in [0.2, 0.25) is 0 Å². The first-order valence-electron chi connectivity index (χ1n) is 5.37. The van der Waals surface area contributed by atoms with Crippen LogP contribution in [0.4, 0.5) is 5.69 Å². The van der Waals surface area contributed by atoms with E-state index in [1.54, 1.807) is 18.4 Å². The average molecular weight is 236 g/mol. The lowest BCUT2D eigenvalue weighted by molar-refractivity contribution is 0.111. The van der Waals surface area contributed by atoms with Crippen LogP contribution >= 0.6 is 11.3 Å². The van der Waals surface area contributed by atoms with Crippen LogP contribution in [0.5, 0.6) is 0 Å². The highest BCUT2D eigenvalue weighted by Crippen LogP contribution is 2.25. The van der Waals surface area contributed by atoms with Crippen molar-refractivity contribution in [1.82, 2.24) is 4.98 Å². The Morgan fingerprint density at radius 2 is 2.31 bits per heavy atom. The molecule has 0 fully saturated rings. The maximum absolute atomic E-state index is 5.74. The number of nitrogens with two attached hydrogens (primary N) is 1. The van der Waals surface area contributed by atoms with Crippen LogP contribution in [0, 0.1) is 0 Å². The number of aromatic nitrogens is 1. The van der Waals surface area contributed by atoms with E-state index < -0.39 is 0 Å². The summed E-state index contributed by atoms with van der Waals surface area (Å²) in [6.45, 7) is 2.07. The van der Waals surface area contributed by atoms with E-state index in [1.807, 2.05) is 18.2 Å². The zero-order chi connectivity index (χ0) is 11.5. The Morgan fingerprint density at radius 1 is 1.50 bits per heavy atom. The summed E-state index contributed by atoms with van der Waals surface area (Å²) in [5, 5.41) is 1.16. The third-order valence-electron chi connectivity index (χ3n) is 2.62. The molecule has 0 radical (unpaired) electrons. The number of ether oxygens (including phenoxy) is 1. The Hall–Kier alpha value is -1.13. The molecule has 0 saturated heterocycles. The second-order valence-electron chi connectivity index (χ2n) is 3.92. The van der Waals surface area contributed by atoms with E-state index in [4.69, 9.17) is 10.5 Å². The summed E-state index contributed by atoms with van der Waals surface area (Å²) in [5.41, 5.74) is 7.58. The minimum absolute atomic E-state index is 0.289.